The Labute approximate surface area is 315 Å². The number of carbonyl (C=O) groups excluding carboxylic acids is 2. The summed E-state index contributed by atoms with van der Waals surface area (Å²) in [5.74, 6) is -0.870. The second-order valence-electron chi connectivity index (χ2n) is 15.7. The lowest BCUT2D eigenvalue weighted by atomic mass is 9.85. The van der Waals surface area contributed by atoms with Crippen LogP contribution < -0.4 is 26.0 Å². The zero-order valence-corrected chi connectivity index (χ0v) is 32.6. The second kappa shape index (κ2) is 19.3. The first-order valence-electron chi connectivity index (χ1n) is 17.8. The lowest BCUT2D eigenvalue weighted by Gasteiger charge is -2.35. The minimum absolute atomic E-state index is 0.0430. The van der Waals surface area contributed by atoms with Crippen molar-refractivity contribution in [1.82, 2.24) is 31.0 Å². The van der Waals surface area contributed by atoms with E-state index in [-0.39, 0.29) is 25.4 Å². The summed E-state index contributed by atoms with van der Waals surface area (Å²) >= 11 is 0. The van der Waals surface area contributed by atoms with Gasteiger partial charge in [0, 0.05) is 37.1 Å². The van der Waals surface area contributed by atoms with Crippen molar-refractivity contribution in [2.45, 2.75) is 91.1 Å². The van der Waals surface area contributed by atoms with Crippen LogP contribution in [0.3, 0.4) is 0 Å². The molecule has 0 fully saturated rings. The van der Waals surface area contributed by atoms with Gasteiger partial charge in [0.15, 0.2) is 0 Å². The average Bonchev–Trinajstić information content (AvgIpc) is 3.06. The predicted octanol–water partition coefficient (Wildman–Crippen LogP) is 4.83. The topological polar surface area (TPSA) is 205 Å². The summed E-state index contributed by atoms with van der Waals surface area (Å²) in [6.45, 7) is 11.5. The first-order valence-corrected chi connectivity index (χ1v) is 19.7. The van der Waals surface area contributed by atoms with Gasteiger partial charge in [0.25, 0.3) is 0 Å². The third-order valence-electron chi connectivity index (χ3n) is 8.73. The smallest absolute Gasteiger partial charge is 0.405 e. The van der Waals surface area contributed by atoms with E-state index in [0.717, 1.165) is 22.4 Å². The van der Waals surface area contributed by atoms with Gasteiger partial charge in [0.05, 0.1) is 23.9 Å². The van der Waals surface area contributed by atoms with E-state index in [1.165, 1.54) is 6.26 Å². The maximum absolute atomic E-state index is 14.0. The highest BCUT2D eigenvalue weighted by atomic mass is 32.3. The van der Waals surface area contributed by atoms with Gasteiger partial charge in [-0.2, -0.15) is 0 Å². The van der Waals surface area contributed by atoms with E-state index >= 15 is 0 Å². The molecule has 0 bridgehead atoms. The van der Waals surface area contributed by atoms with Crippen LogP contribution in [0, 0.1) is 10.8 Å². The van der Waals surface area contributed by atoms with Crippen molar-refractivity contribution in [3.8, 4) is 11.3 Å². The fraction of sp³-hybridized carbons (Fsp3) is 0.487. The van der Waals surface area contributed by atoms with Gasteiger partial charge in [0.1, 0.15) is 6.04 Å². The first-order chi connectivity index (χ1) is 24.7. The number of benzene rings is 2. The monoisotopic (exact) mass is 754 g/mol. The van der Waals surface area contributed by atoms with Crippen LogP contribution >= 0.6 is 10.8 Å². The first kappa shape index (κ1) is 43.4. The molecular weight excluding hydrogens is 697 g/mol. The van der Waals surface area contributed by atoms with Crippen molar-refractivity contribution in [2.75, 3.05) is 19.3 Å². The molecule has 3 amide bonds. The number of aromatic nitrogens is 1. The molecule has 5 atom stereocenters. The number of nitrogens with one attached hydrogen (secondary N) is 5. The zero-order valence-electron chi connectivity index (χ0n) is 31.8. The number of hydrogen-bond acceptors (Lipinski definition) is 9. The quantitative estimate of drug-likeness (QED) is 0.0810. The number of amides is 3. The van der Waals surface area contributed by atoms with Crippen molar-refractivity contribution < 1.29 is 33.7 Å². The molecular formula is C39H58N6O7S. The van der Waals surface area contributed by atoms with Gasteiger partial charge in [-0.05, 0) is 53.4 Å². The van der Waals surface area contributed by atoms with E-state index in [0.29, 0.717) is 12.8 Å². The van der Waals surface area contributed by atoms with Gasteiger partial charge in [0.2, 0.25) is 11.8 Å². The highest BCUT2D eigenvalue weighted by Crippen LogP contribution is 2.27. The Morgan fingerprint density at radius 3 is 1.87 bits per heavy atom. The fourth-order valence-corrected chi connectivity index (χ4v) is 6.52. The molecule has 0 saturated heterocycles. The summed E-state index contributed by atoms with van der Waals surface area (Å²) in [7, 11) is -2.91. The third-order valence-corrected chi connectivity index (χ3v) is 9.48. The molecule has 13 nitrogen and oxygen atoms in total. The van der Waals surface area contributed by atoms with Crippen LogP contribution in [0.15, 0.2) is 79.0 Å². The second-order valence-corrected chi connectivity index (χ2v) is 17.6. The zero-order chi connectivity index (χ0) is 39.4. The highest BCUT2D eigenvalue weighted by Gasteiger charge is 2.36. The van der Waals surface area contributed by atoms with E-state index in [1.807, 2.05) is 93.6 Å². The number of carbonyl (C=O) groups is 3. The van der Waals surface area contributed by atoms with Crippen molar-refractivity contribution in [1.29, 1.82) is 0 Å². The van der Waals surface area contributed by atoms with Crippen molar-refractivity contribution in [3.63, 3.8) is 0 Å². The molecule has 3 rings (SSSR count). The Balaban J connectivity index is 1.91. The Morgan fingerprint density at radius 2 is 1.32 bits per heavy atom. The van der Waals surface area contributed by atoms with Crippen LogP contribution in [-0.2, 0) is 22.4 Å². The molecule has 53 heavy (non-hydrogen) atoms. The average molecular weight is 755 g/mol. The summed E-state index contributed by atoms with van der Waals surface area (Å²) in [6.07, 6.45) is 1.21. The predicted molar refractivity (Wildman–Crippen MR) is 210 cm³/mol. The number of rotatable bonds is 18. The van der Waals surface area contributed by atoms with Gasteiger partial charge < -0.3 is 31.5 Å². The van der Waals surface area contributed by atoms with Crippen LogP contribution in [0.5, 0.6) is 0 Å². The van der Waals surface area contributed by atoms with Gasteiger partial charge in [-0.1, -0.05) is 102 Å². The Morgan fingerprint density at radius 1 is 0.736 bits per heavy atom. The van der Waals surface area contributed by atoms with Crippen LogP contribution in [-0.4, -0.2) is 91.8 Å². The molecule has 14 heteroatoms. The van der Waals surface area contributed by atoms with Crippen molar-refractivity contribution >= 4 is 28.7 Å². The molecule has 9 N–H and O–H groups in total. The van der Waals surface area contributed by atoms with Gasteiger partial charge in [-0.3, -0.25) is 23.7 Å². The molecule has 0 unspecified atom stereocenters. The molecule has 2 aromatic carbocycles. The molecule has 1 heterocycles. The molecule has 3 aromatic rings. The number of hydrogen-bond donors (Lipinski definition) is 9. The summed E-state index contributed by atoms with van der Waals surface area (Å²) in [4.78, 5) is 43.8. The summed E-state index contributed by atoms with van der Waals surface area (Å²) in [5, 5.41) is 33.1. The van der Waals surface area contributed by atoms with E-state index in [4.69, 9.17) is 0 Å². The van der Waals surface area contributed by atoms with Crippen molar-refractivity contribution in [2.24, 2.45) is 10.8 Å². The molecule has 0 saturated carbocycles. The van der Waals surface area contributed by atoms with Crippen LogP contribution in [0.2, 0.25) is 0 Å². The normalized spacial score (nSPS) is 15.4. The maximum atomic E-state index is 14.0. The largest absolute Gasteiger partial charge is 0.465 e. The number of pyridine rings is 1. The van der Waals surface area contributed by atoms with E-state index < -0.39 is 63.9 Å². The molecule has 1 aromatic heterocycles. The number of aliphatic hydroxyl groups is 1. The molecule has 0 aliphatic rings. The highest BCUT2D eigenvalue weighted by molar-refractivity contribution is 8.22. The van der Waals surface area contributed by atoms with Crippen LogP contribution in [0.4, 0.5) is 4.79 Å². The summed E-state index contributed by atoms with van der Waals surface area (Å²) in [6, 6.07) is 19.7. The Hall–Kier alpha value is -4.05. The minimum Gasteiger partial charge on any atom is -0.465 e. The lowest BCUT2D eigenvalue weighted by Crippen LogP contribution is -2.58. The van der Waals surface area contributed by atoms with E-state index in [9.17, 15) is 33.7 Å². The van der Waals surface area contributed by atoms with Gasteiger partial charge in [-0.15, -0.1) is 10.8 Å². The molecule has 292 valence electrons. The molecule has 0 radical (unpaired) electrons. The van der Waals surface area contributed by atoms with Gasteiger partial charge >= 0.3 is 6.09 Å². The lowest BCUT2D eigenvalue weighted by molar-refractivity contribution is -0.128. The number of nitrogens with zero attached hydrogens (tertiary/aromatic N) is 1. The Bertz CT molecular complexity index is 1590. The van der Waals surface area contributed by atoms with Gasteiger partial charge in [-0.25, -0.2) is 9.52 Å². The maximum Gasteiger partial charge on any atom is 0.405 e. The Kier molecular flexibility index (Phi) is 15.8. The van der Waals surface area contributed by atoms with E-state index in [1.54, 1.807) is 27.0 Å². The number of aliphatic hydroxyl groups excluding tert-OH is 1. The minimum atomic E-state index is -2.91. The molecule has 0 aliphatic carbocycles. The van der Waals surface area contributed by atoms with Crippen LogP contribution in [0.25, 0.3) is 11.3 Å². The van der Waals surface area contributed by atoms with Crippen molar-refractivity contribution in [3.05, 3.63) is 90.1 Å². The molecule has 0 spiro atoms. The fourth-order valence-electron chi connectivity index (χ4n) is 6.03. The third kappa shape index (κ3) is 15.1. The summed E-state index contributed by atoms with van der Waals surface area (Å²) in [5.41, 5.74) is 2.20. The summed E-state index contributed by atoms with van der Waals surface area (Å²) < 4.78 is 22.0. The van der Waals surface area contributed by atoms with E-state index in [2.05, 4.69) is 31.0 Å². The van der Waals surface area contributed by atoms with Crippen LogP contribution in [0.1, 0.15) is 59.1 Å². The standard InChI is InChI=1S/C39H58N6O7S/c1-38(2,3)33(41-21-22-42-53(7,51)52)35(47)44-31(24-26-13-9-8-10-14-26)32(46)25-29(43-36(48)34(39(4,5)6)45-37(49)50)23-27-16-18-28(19-17-27)30-15-11-12-20-40-30/h8-20,29,31-34,41-42,45-46,51-52H,21-25H2,1-7H3,(H,43,48)(H,44,47)(H,49,50)/t29-,31+,32+,33-,34-/m1/s1. The SMILES string of the molecule is CC(C)(C)[C@H](NCCNS(C)(O)O)C(=O)N[C@@H](Cc1ccccc1)[C@@H](O)C[C@@H](Cc1ccc(-c2ccccn2)cc1)NC(=O)[C@@H](NC(=O)O)C(C)(C)C. The molecule has 0 aliphatic heterocycles. The number of carboxylic acid groups (broad SMARTS) is 1.